The van der Waals surface area contributed by atoms with Crippen molar-refractivity contribution in [3.8, 4) is 0 Å². The van der Waals surface area contributed by atoms with Crippen molar-refractivity contribution in [3.63, 3.8) is 0 Å². The molecule has 0 bridgehead atoms. The quantitative estimate of drug-likeness (QED) is 0.771. The van der Waals surface area contributed by atoms with Crippen LogP contribution in [0, 0.1) is 0 Å². The lowest BCUT2D eigenvalue weighted by Crippen LogP contribution is -2.31. The average molecular weight is 327 g/mol. The van der Waals surface area contributed by atoms with E-state index in [9.17, 15) is 18.0 Å². The second-order valence-electron chi connectivity index (χ2n) is 4.93. The van der Waals surface area contributed by atoms with Crippen LogP contribution < -0.4 is 0 Å². The third-order valence-corrected chi connectivity index (χ3v) is 3.93. The highest BCUT2D eigenvalue weighted by Gasteiger charge is 2.30. The predicted octanol–water partition coefficient (Wildman–Crippen LogP) is 4.82. The number of carbonyl (C=O) groups is 1. The lowest BCUT2D eigenvalue weighted by atomic mass is 10.1. The monoisotopic (exact) mass is 327 g/mol. The highest BCUT2D eigenvalue weighted by Crippen LogP contribution is 2.29. The molecular weight excluding hydrogens is 311 g/mol. The van der Waals surface area contributed by atoms with Crippen LogP contribution in [0.25, 0.3) is 0 Å². The molecule has 0 saturated heterocycles. The fraction of sp³-hybridized carbons (Fsp3) is 0.312. The summed E-state index contributed by atoms with van der Waals surface area (Å²) in [6.07, 6.45) is -3.60. The van der Waals surface area contributed by atoms with Crippen LogP contribution in [0.5, 0.6) is 0 Å². The van der Waals surface area contributed by atoms with Gasteiger partial charge in [-0.3, -0.25) is 4.79 Å². The number of benzene rings is 1. The van der Waals surface area contributed by atoms with Gasteiger partial charge in [0, 0.05) is 18.7 Å². The zero-order chi connectivity index (χ0) is 16.2. The smallest absolute Gasteiger partial charge is 0.334 e. The molecular formula is C16H16F3NOS. The second kappa shape index (κ2) is 6.96. The molecule has 0 unspecified atom stereocenters. The summed E-state index contributed by atoms with van der Waals surface area (Å²) in [5, 5.41) is 3.89. The van der Waals surface area contributed by atoms with Gasteiger partial charge in [0.1, 0.15) is 0 Å². The van der Waals surface area contributed by atoms with E-state index >= 15 is 0 Å². The van der Waals surface area contributed by atoms with Crippen LogP contribution in [0.1, 0.15) is 34.8 Å². The minimum atomic E-state index is -4.39. The number of carbonyl (C=O) groups excluding carboxylic acids is 1. The molecule has 0 radical (unpaired) electrons. The number of hydrogen-bond acceptors (Lipinski definition) is 2. The van der Waals surface area contributed by atoms with Crippen molar-refractivity contribution in [2.75, 3.05) is 6.54 Å². The molecule has 0 saturated carbocycles. The normalized spacial score (nSPS) is 11.5. The number of rotatable bonds is 5. The zero-order valence-corrected chi connectivity index (χ0v) is 12.9. The van der Waals surface area contributed by atoms with Crippen molar-refractivity contribution in [2.45, 2.75) is 26.1 Å². The Morgan fingerprint density at radius 2 is 1.86 bits per heavy atom. The van der Waals surface area contributed by atoms with Gasteiger partial charge >= 0.3 is 6.18 Å². The van der Waals surface area contributed by atoms with Crippen LogP contribution in [0.3, 0.4) is 0 Å². The maximum Gasteiger partial charge on any atom is 0.416 e. The molecule has 0 aliphatic heterocycles. The summed E-state index contributed by atoms with van der Waals surface area (Å²) in [4.78, 5) is 14.1. The SMILES string of the molecule is CCCN(Cc1ccsc1)C(=O)c1ccc(C(F)(F)F)cc1. The Morgan fingerprint density at radius 3 is 2.36 bits per heavy atom. The van der Waals surface area contributed by atoms with Crippen molar-refractivity contribution < 1.29 is 18.0 Å². The lowest BCUT2D eigenvalue weighted by Gasteiger charge is -2.22. The average Bonchev–Trinajstić information content (AvgIpc) is 2.98. The van der Waals surface area contributed by atoms with Crippen LogP contribution in [-0.4, -0.2) is 17.4 Å². The van der Waals surface area contributed by atoms with Crippen LogP contribution in [-0.2, 0) is 12.7 Å². The van der Waals surface area contributed by atoms with Crippen LogP contribution >= 0.6 is 11.3 Å². The van der Waals surface area contributed by atoms with Crippen molar-refractivity contribution >= 4 is 17.2 Å². The van der Waals surface area contributed by atoms with E-state index in [2.05, 4.69) is 0 Å². The Morgan fingerprint density at radius 1 is 1.18 bits per heavy atom. The van der Waals surface area contributed by atoms with Crippen molar-refractivity contribution in [1.82, 2.24) is 4.90 Å². The van der Waals surface area contributed by atoms with E-state index < -0.39 is 11.7 Å². The van der Waals surface area contributed by atoms with Gasteiger partial charge in [-0.25, -0.2) is 0 Å². The Bertz CT molecular complexity index is 605. The number of thiophene rings is 1. The molecule has 22 heavy (non-hydrogen) atoms. The highest BCUT2D eigenvalue weighted by atomic mass is 32.1. The topological polar surface area (TPSA) is 20.3 Å². The molecule has 1 amide bonds. The molecule has 1 heterocycles. The molecule has 1 aromatic carbocycles. The standard InChI is InChI=1S/C16H16F3NOS/c1-2-8-20(10-12-7-9-22-11-12)15(21)13-3-5-14(6-4-13)16(17,18)19/h3-7,9,11H,2,8,10H2,1H3. The van der Waals surface area contributed by atoms with Crippen LogP contribution in [0.15, 0.2) is 41.1 Å². The van der Waals surface area contributed by atoms with E-state index in [4.69, 9.17) is 0 Å². The first kappa shape index (κ1) is 16.5. The summed E-state index contributed by atoms with van der Waals surface area (Å²) < 4.78 is 37.7. The molecule has 0 fully saturated rings. The summed E-state index contributed by atoms with van der Waals surface area (Å²) in [5.74, 6) is -0.248. The Balaban J connectivity index is 2.16. The maximum atomic E-state index is 12.6. The van der Waals surface area contributed by atoms with Gasteiger partial charge in [0.15, 0.2) is 0 Å². The largest absolute Gasteiger partial charge is 0.416 e. The molecule has 1 aromatic heterocycles. The van der Waals surface area contributed by atoms with Gasteiger partial charge in [-0.2, -0.15) is 24.5 Å². The molecule has 0 N–H and O–H groups in total. The van der Waals surface area contributed by atoms with Gasteiger partial charge in [0.2, 0.25) is 0 Å². The fourth-order valence-corrected chi connectivity index (χ4v) is 2.77. The maximum absolute atomic E-state index is 12.6. The van der Waals surface area contributed by atoms with Gasteiger partial charge in [-0.15, -0.1) is 0 Å². The van der Waals surface area contributed by atoms with Gasteiger partial charge in [-0.1, -0.05) is 6.92 Å². The Hall–Kier alpha value is -1.82. The molecule has 2 rings (SSSR count). The number of amides is 1. The number of alkyl halides is 3. The van der Waals surface area contributed by atoms with Gasteiger partial charge < -0.3 is 4.90 Å². The third kappa shape index (κ3) is 4.10. The number of hydrogen-bond donors (Lipinski definition) is 0. The minimum Gasteiger partial charge on any atom is -0.334 e. The van der Waals surface area contributed by atoms with Crippen LogP contribution in [0.4, 0.5) is 13.2 Å². The van der Waals surface area contributed by atoms with Crippen molar-refractivity contribution in [2.24, 2.45) is 0 Å². The summed E-state index contributed by atoms with van der Waals surface area (Å²) in [5.41, 5.74) is 0.555. The molecule has 0 aliphatic carbocycles. The summed E-state index contributed by atoms with van der Waals surface area (Å²) in [6.45, 7) is 2.99. The highest BCUT2D eigenvalue weighted by molar-refractivity contribution is 7.07. The summed E-state index contributed by atoms with van der Waals surface area (Å²) >= 11 is 1.55. The first-order chi connectivity index (χ1) is 10.4. The van der Waals surface area contributed by atoms with Crippen molar-refractivity contribution in [1.29, 1.82) is 0 Å². The van der Waals surface area contributed by atoms with E-state index in [0.717, 1.165) is 24.1 Å². The number of halogens is 3. The van der Waals surface area contributed by atoms with E-state index in [0.29, 0.717) is 13.1 Å². The Labute approximate surface area is 131 Å². The van der Waals surface area contributed by atoms with Gasteiger partial charge in [0.05, 0.1) is 5.56 Å². The molecule has 6 heteroatoms. The number of nitrogens with zero attached hydrogens (tertiary/aromatic N) is 1. The molecule has 0 aliphatic rings. The second-order valence-corrected chi connectivity index (χ2v) is 5.71. The van der Waals surface area contributed by atoms with E-state index in [1.54, 1.807) is 16.2 Å². The van der Waals surface area contributed by atoms with E-state index in [1.807, 2.05) is 23.8 Å². The molecule has 0 spiro atoms. The third-order valence-electron chi connectivity index (χ3n) is 3.19. The van der Waals surface area contributed by atoms with Gasteiger partial charge in [-0.05, 0) is 53.1 Å². The minimum absolute atomic E-state index is 0.248. The molecule has 2 aromatic rings. The fourth-order valence-electron chi connectivity index (χ4n) is 2.11. The molecule has 0 atom stereocenters. The molecule has 118 valence electrons. The zero-order valence-electron chi connectivity index (χ0n) is 12.1. The van der Waals surface area contributed by atoms with E-state index in [-0.39, 0.29) is 11.5 Å². The predicted molar refractivity (Wildman–Crippen MR) is 80.8 cm³/mol. The summed E-state index contributed by atoms with van der Waals surface area (Å²) in [7, 11) is 0. The summed E-state index contributed by atoms with van der Waals surface area (Å²) in [6, 6.07) is 6.31. The molecule has 2 nitrogen and oxygen atoms in total. The van der Waals surface area contributed by atoms with Crippen molar-refractivity contribution in [3.05, 3.63) is 57.8 Å². The first-order valence-corrected chi connectivity index (χ1v) is 7.83. The van der Waals surface area contributed by atoms with Crippen LogP contribution in [0.2, 0.25) is 0 Å². The lowest BCUT2D eigenvalue weighted by molar-refractivity contribution is -0.137. The first-order valence-electron chi connectivity index (χ1n) is 6.89. The van der Waals surface area contributed by atoms with E-state index in [1.165, 1.54) is 12.1 Å². The van der Waals surface area contributed by atoms with Gasteiger partial charge in [0.25, 0.3) is 5.91 Å². The Kier molecular flexibility index (Phi) is 5.24.